The number of rotatable bonds is 4. The third kappa shape index (κ3) is 4.26. The molecule has 5 heteroatoms. The molecular formula is C21H28N2O3. The van der Waals surface area contributed by atoms with Crippen LogP contribution in [0.15, 0.2) is 35.5 Å². The van der Waals surface area contributed by atoms with E-state index in [2.05, 4.69) is 17.6 Å². The number of ether oxygens (including phenoxy) is 1. The number of benzene rings is 1. The molecule has 1 aliphatic carbocycles. The summed E-state index contributed by atoms with van der Waals surface area (Å²) in [4.78, 5) is 24.9. The summed E-state index contributed by atoms with van der Waals surface area (Å²) in [7, 11) is 0. The van der Waals surface area contributed by atoms with E-state index in [9.17, 15) is 9.59 Å². The number of hydrogen-bond acceptors (Lipinski definition) is 3. The smallest absolute Gasteiger partial charge is 0.338 e. The van der Waals surface area contributed by atoms with Gasteiger partial charge < -0.3 is 15.4 Å². The van der Waals surface area contributed by atoms with Crippen LogP contribution in [0.25, 0.3) is 0 Å². The zero-order valence-electron chi connectivity index (χ0n) is 15.6. The fraction of sp³-hybridized carbons (Fsp3) is 0.524. The first-order valence-electron chi connectivity index (χ1n) is 9.66. The minimum absolute atomic E-state index is 0.0222. The van der Waals surface area contributed by atoms with Crippen LogP contribution >= 0.6 is 0 Å². The van der Waals surface area contributed by atoms with Crippen molar-refractivity contribution < 1.29 is 14.3 Å². The molecule has 2 amide bonds. The summed E-state index contributed by atoms with van der Waals surface area (Å²) in [6, 6.07) is 7.24. The molecule has 0 radical (unpaired) electrons. The average molecular weight is 356 g/mol. The van der Waals surface area contributed by atoms with Gasteiger partial charge in [0.2, 0.25) is 0 Å². The van der Waals surface area contributed by atoms with Crippen molar-refractivity contribution in [2.75, 3.05) is 0 Å². The molecule has 2 aliphatic rings. The predicted molar refractivity (Wildman–Crippen MR) is 101 cm³/mol. The van der Waals surface area contributed by atoms with Crippen molar-refractivity contribution in [2.45, 2.75) is 70.9 Å². The Morgan fingerprint density at radius 3 is 2.38 bits per heavy atom. The number of amides is 2. The quantitative estimate of drug-likeness (QED) is 0.629. The molecule has 2 N–H and O–H groups in total. The summed E-state index contributed by atoms with van der Waals surface area (Å²) in [5.41, 5.74) is 3.18. The molecule has 0 bridgehead atoms. The minimum Gasteiger partial charge on any atom is -0.459 e. The van der Waals surface area contributed by atoms with Crippen LogP contribution in [0.2, 0.25) is 0 Å². The van der Waals surface area contributed by atoms with Gasteiger partial charge in [0.25, 0.3) is 0 Å². The number of hydrogen-bond donors (Lipinski definition) is 2. The van der Waals surface area contributed by atoms with E-state index in [-0.39, 0.29) is 18.1 Å². The number of aryl methyl sites for hydroxylation is 1. The molecule has 5 nitrogen and oxygen atoms in total. The van der Waals surface area contributed by atoms with Gasteiger partial charge in [-0.2, -0.15) is 0 Å². The first-order valence-corrected chi connectivity index (χ1v) is 9.66. The number of carbonyl (C=O) groups excluding carboxylic acids is 2. The van der Waals surface area contributed by atoms with Gasteiger partial charge in [0, 0.05) is 5.70 Å². The fourth-order valence-electron chi connectivity index (χ4n) is 3.73. The van der Waals surface area contributed by atoms with Crippen molar-refractivity contribution in [1.82, 2.24) is 10.6 Å². The van der Waals surface area contributed by atoms with Gasteiger partial charge in [-0.1, -0.05) is 44.0 Å². The lowest BCUT2D eigenvalue weighted by Gasteiger charge is -2.29. The zero-order valence-corrected chi connectivity index (χ0v) is 15.6. The highest BCUT2D eigenvalue weighted by molar-refractivity contribution is 5.95. The molecular weight excluding hydrogens is 328 g/mol. The predicted octanol–water partition coefficient (Wildman–Crippen LogP) is 4.14. The number of allylic oxidation sites excluding steroid dienone is 1. The van der Waals surface area contributed by atoms with E-state index in [4.69, 9.17) is 4.74 Å². The molecule has 0 aromatic heterocycles. The average Bonchev–Trinajstić information content (AvgIpc) is 2.89. The third-order valence-electron chi connectivity index (χ3n) is 5.29. The molecule has 1 atom stereocenters. The van der Waals surface area contributed by atoms with E-state index >= 15 is 0 Å². The molecule has 0 spiro atoms. The topological polar surface area (TPSA) is 67.4 Å². The van der Waals surface area contributed by atoms with Crippen LogP contribution in [0.5, 0.6) is 0 Å². The molecule has 1 aromatic rings. The Kier molecular flexibility index (Phi) is 5.96. The van der Waals surface area contributed by atoms with Crippen molar-refractivity contribution in [3.63, 3.8) is 0 Å². The van der Waals surface area contributed by atoms with Gasteiger partial charge in [0.1, 0.15) is 6.10 Å². The summed E-state index contributed by atoms with van der Waals surface area (Å²) in [5, 5.41) is 5.58. The lowest BCUT2D eigenvalue weighted by atomic mass is 9.94. The molecule has 1 aliphatic heterocycles. The van der Waals surface area contributed by atoms with E-state index < -0.39 is 6.04 Å². The van der Waals surface area contributed by atoms with Crippen LogP contribution in [-0.4, -0.2) is 18.1 Å². The number of urea groups is 1. The zero-order chi connectivity index (χ0) is 18.5. The monoisotopic (exact) mass is 356 g/mol. The standard InChI is InChI=1S/C21H28N2O3/c1-3-15-10-12-16(13-11-15)19-18(14(2)22-21(25)23-19)20(24)26-17-8-6-4-5-7-9-17/h10-13,17,19H,3-9H2,1-2H3,(H2,22,23,25)/t19-/m0/s1. The number of esters is 1. The van der Waals surface area contributed by atoms with Crippen LogP contribution in [0.3, 0.4) is 0 Å². The first kappa shape index (κ1) is 18.5. The lowest BCUT2D eigenvalue weighted by Crippen LogP contribution is -2.45. The number of carbonyl (C=O) groups is 2. The summed E-state index contributed by atoms with van der Waals surface area (Å²) < 4.78 is 5.82. The maximum atomic E-state index is 12.9. The highest BCUT2D eigenvalue weighted by Crippen LogP contribution is 2.29. The Balaban J connectivity index is 1.83. The SMILES string of the molecule is CCc1ccc([C@@H]2NC(=O)NC(C)=C2C(=O)OC2CCCCCC2)cc1. The summed E-state index contributed by atoms with van der Waals surface area (Å²) in [6.45, 7) is 3.86. The van der Waals surface area contributed by atoms with Gasteiger partial charge in [-0.15, -0.1) is 0 Å². The fourth-order valence-corrected chi connectivity index (χ4v) is 3.73. The second-order valence-corrected chi connectivity index (χ2v) is 7.18. The molecule has 0 saturated heterocycles. The molecule has 26 heavy (non-hydrogen) atoms. The van der Waals surface area contributed by atoms with Crippen molar-refractivity contribution in [3.8, 4) is 0 Å². The van der Waals surface area contributed by atoms with Crippen LogP contribution in [0.4, 0.5) is 4.79 Å². The first-order chi connectivity index (χ1) is 12.6. The largest absolute Gasteiger partial charge is 0.459 e. The van der Waals surface area contributed by atoms with Crippen molar-refractivity contribution in [1.29, 1.82) is 0 Å². The van der Waals surface area contributed by atoms with Crippen molar-refractivity contribution >= 4 is 12.0 Å². The Morgan fingerprint density at radius 2 is 1.77 bits per heavy atom. The molecule has 1 saturated carbocycles. The van der Waals surface area contributed by atoms with E-state index in [0.717, 1.165) is 37.7 Å². The van der Waals surface area contributed by atoms with Gasteiger partial charge >= 0.3 is 12.0 Å². The normalized spacial score (nSPS) is 21.6. The molecule has 140 valence electrons. The summed E-state index contributed by atoms with van der Waals surface area (Å²) in [5.74, 6) is -0.327. The molecule has 1 heterocycles. The number of nitrogens with one attached hydrogen (secondary N) is 2. The molecule has 3 rings (SSSR count). The summed E-state index contributed by atoms with van der Waals surface area (Å²) in [6.07, 6.45) is 7.40. The Bertz CT molecular complexity index is 686. The second-order valence-electron chi connectivity index (χ2n) is 7.18. The van der Waals surface area contributed by atoms with E-state index in [1.165, 1.54) is 18.4 Å². The maximum Gasteiger partial charge on any atom is 0.338 e. The molecule has 1 fully saturated rings. The molecule has 0 unspecified atom stereocenters. The minimum atomic E-state index is -0.479. The second kappa shape index (κ2) is 8.39. The van der Waals surface area contributed by atoms with Crippen molar-refractivity contribution in [3.05, 3.63) is 46.7 Å². The van der Waals surface area contributed by atoms with Crippen LogP contribution in [0, 0.1) is 0 Å². The van der Waals surface area contributed by atoms with E-state index in [0.29, 0.717) is 11.3 Å². The highest BCUT2D eigenvalue weighted by atomic mass is 16.5. The van der Waals surface area contributed by atoms with Gasteiger partial charge in [-0.3, -0.25) is 0 Å². The van der Waals surface area contributed by atoms with Crippen LogP contribution in [-0.2, 0) is 16.0 Å². The van der Waals surface area contributed by atoms with Gasteiger partial charge in [0.15, 0.2) is 0 Å². The van der Waals surface area contributed by atoms with Gasteiger partial charge in [0.05, 0.1) is 11.6 Å². The van der Waals surface area contributed by atoms with Crippen molar-refractivity contribution in [2.24, 2.45) is 0 Å². The van der Waals surface area contributed by atoms with Gasteiger partial charge in [-0.25, -0.2) is 9.59 Å². The Labute approximate surface area is 155 Å². The summed E-state index contributed by atoms with van der Waals surface area (Å²) >= 11 is 0. The van der Waals surface area contributed by atoms with Crippen LogP contribution < -0.4 is 10.6 Å². The molecule has 1 aromatic carbocycles. The Hall–Kier alpha value is -2.30. The lowest BCUT2D eigenvalue weighted by molar-refractivity contribution is -0.145. The maximum absolute atomic E-state index is 12.9. The van der Waals surface area contributed by atoms with E-state index in [1.807, 2.05) is 24.3 Å². The third-order valence-corrected chi connectivity index (χ3v) is 5.29. The highest BCUT2D eigenvalue weighted by Gasteiger charge is 2.33. The Morgan fingerprint density at radius 1 is 1.12 bits per heavy atom. The van der Waals surface area contributed by atoms with Crippen LogP contribution in [0.1, 0.15) is 69.5 Å². The van der Waals surface area contributed by atoms with E-state index in [1.54, 1.807) is 6.92 Å². The van der Waals surface area contributed by atoms with Gasteiger partial charge in [-0.05, 0) is 50.2 Å².